The number of fused-ring (bicyclic) bond motifs is 2. The van der Waals surface area contributed by atoms with Gasteiger partial charge < -0.3 is 49.5 Å². The van der Waals surface area contributed by atoms with Crippen molar-refractivity contribution in [3.05, 3.63) is 64.3 Å². The van der Waals surface area contributed by atoms with Crippen LogP contribution in [-0.2, 0) is 19.2 Å². The predicted octanol–water partition coefficient (Wildman–Crippen LogP) is -0.736. The molecule has 2 aliphatic rings. The molecule has 15 nitrogen and oxygen atoms in total. The Bertz CT molecular complexity index is 1780. The van der Waals surface area contributed by atoms with Gasteiger partial charge in [0, 0.05) is 47.4 Å². The maximum Gasteiger partial charge on any atom is 1.00 e. The molecule has 20 heteroatoms. The maximum absolute atomic E-state index is 13.0. The first-order chi connectivity index (χ1) is 23.9. The third kappa shape index (κ3) is 18.1. The fourth-order valence-corrected chi connectivity index (χ4v) is 5.60. The summed E-state index contributed by atoms with van der Waals surface area (Å²) in [6, 6.07) is 3.34. The van der Waals surface area contributed by atoms with Crippen molar-refractivity contribution in [3.8, 4) is 5.75 Å². The van der Waals surface area contributed by atoms with Gasteiger partial charge in [0.15, 0.2) is 0 Å². The van der Waals surface area contributed by atoms with E-state index in [9.17, 15) is 19.1 Å². The summed E-state index contributed by atoms with van der Waals surface area (Å²) < 4.78 is 34.8. The number of β-amino-alcohol motifs (C(OH)–C–C–N with tert-alkyl or cyclic N) is 1. The third-order valence-electron chi connectivity index (χ3n) is 6.83. The zero-order valence-corrected chi connectivity index (χ0v) is 46.9. The average molecular weight is 1110 g/mol. The minimum atomic E-state index is -0.482. The Kier molecular flexibility index (Phi) is 23.3. The molecule has 6 heterocycles. The Morgan fingerprint density at radius 2 is 1.36 bits per heavy atom. The number of aromatic nitrogens is 4. The van der Waals surface area contributed by atoms with Crippen LogP contribution in [0.25, 0.3) is 11.0 Å². The largest absolute Gasteiger partial charge is 1.00 e. The molecular weight excluding hydrogens is 1070 g/mol. The van der Waals surface area contributed by atoms with Gasteiger partial charge in [0.25, 0.3) is 6.47 Å². The summed E-state index contributed by atoms with van der Waals surface area (Å²) in [5.74, 6) is 0.491. The Hall–Kier alpha value is 0.104. The molecule has 0 bridgehead atoms. The quantitative estimate of drug-likeness (QED) is 0.156. The van der Waals surface area contributed by atoms with E-state index in [0.29, 0.717) is 42.6 Å². The van der Waals surface area contributed by atoms with E-state index in [0.717, 1.165) is 22.2 Å². The number of aliphatic hydroxyl groups is 1. The summed E-state index contributed by atoms with van der Waals surface area (Å²) in [5.41, 5.74) is 0.464. The van der Waals surface area contributed by atoms with Crippen molar-refractivity contribution >= 4 is 61.6 Å². The van der Waals surface area contributed by atoms with Gasteiger partial charge in [0.1, 0.15) is 39.9 Å². The van der Waals surface area contributed by atoms with Gasteiger partial charge in [0.05, 0.1) is 37.7 Å². The number of carbonyl (C=O) groups excluding carboxylic acids is 3. The Balaban J connectivity index is 0.000000775. The monoisotopic (exact) mass is 1110 g/mol. The number of pyridine rings is 2. The fourth-order valence-electron chi connectivity index (χ4n) is 4.75. The number of likely N-dealkylation sites (tertiary alicyclic amines) is 2. The summed E-state index contributed by atoms with van der Waals surface area (Å²) in [5, 5.41) is 17.6. The van der Waals surface area contributed by atoms with Crippen LogP contribution in [0.15, 0.2) is 58.5 Å². The number of imidazole rings is 2. The van der Waals surface area contributed by atoms with E-state index in [-0.39, 0.29) is 176 Å². The standard InChI is InChI=1S/C16H20BrN3O3.C9H17NO3.C7H4BrFN2.CH2O3.2Cs.H/c1-16(2,3)23-15(21)19-5-4-12(9-19)22-14-6-11(17)8-20-10-18-7-13(14)20;1-9(2,3)13-8(12)10-5-4-7(11)6-10;8-5-1-6(9)7-2-10-4-11(7)3-5;2-1-4-3;;;/h6-8,10,12H,4-5,9H2,1-3H3;7,11H,4-6H2,1-3H3;1-4H;1,3H;;;/q;;;;2*+1;-1/p-1/t12-;7-;;;;;/m00...../s1. The molecule has 0 aliphatic carbocycles. The van der Waals surface area contributed by atoms with Gasteiger partial charge in [0.2, 0.25) is 0 Å². The molecule has 6 rings (SSSR count). The van der Waals surface area contributed by atoms with Crippen molar-refractivity contribution < 1.29 is 187 Å². The summed E-state index contributed by atoms with van der Waals surface area (Å²) in [6.45, 7) is 13.1. The predicted molar refractivity (Wildman–Crippen MR) is 189 cm³/mol. The van der Waals surface area contributed by atoms with Gasteiger partial charge >= 0.3 is 150 Å². The van der Waals surface area contributed by atoms with Gasteiger partial charge in [-0.05, 0) is 92.0 Å². The SMILES string of the molecule is CC(C)(C)OC(=O)N1CC[C@H](O)C1.CC(C)(C)OC(=O)N1CC[C@H](Oc2cc(Br)cn3cncc23)C1.Fc1cc(Br)cn2cncc12.O=CO[O-].[Cs+].[Cs+].[H-]. The van der Waals surface area contributed by atoms with Gasteiger partial charge in [-0.2, -0.15) is 0 Å². The molecule has 0 unspecified atom stereocenters. The van der Waals surface area contributed by atoms with Crippen molar-refractivity contribution in [1.82, 2.24) is 28.6 Å². The van der Waals surface area contributed by atoms with E-state index in [1.807, 2.05) is 58.2 Å². The number of ether oxygens (including phenoxy) is 3. The van der Waals surface area contributed by atoms with Crippen LogP contribution in [-0.4, -0.2) is 102 Å². The van der Waals surface area contributed by atoms with Gasteiger partial charge in [-0.1, -0.05) is 0 Å². The van der Waals surface area contributed by atoms with Crippen molar-refractivity contribution in [2.45, 2.75) is 77.8 Å². The summed E-state index contributed by atoms with van der Waals surface area (Å²) in [6.07, 6.45) is 10.6. The van der Waals surface area contributed by atoms with E-state index in [2.05, 4.69) is 46.7 Å². The molecule has 0 saturated carbocycles. The Labute approximate surface area is 443 Å². The van der Waals surface area contributed by atoms with Gasteiger partial charge in [-0.25, -0.2) is 23.9 Å². The molecule has 0 spiro atoms. The van der Waals surface area contributed by atoms with E-state index in [1.54, 1.807) is 34.3 Å². The first-order valence-electron chi connectivity index (χ1n) is 15.8. The van der Waals surface area contributed by atoms with Crippen molar-refractivity contribution in [2.75, 3.05) is 26.2 Å². The average Bonchev–Trinajstić information content (AvgIpc) is 3.84. The second-order valence-corrected chi connectivity index (χ2v) is 15.2. The second kappa shape index (κ2) is 24.1. The van der Waals surface area contributed by atoms with Crippen LogP contribution in [0.5, 0.6) is 5.75 Å². The smallest absolute Gasteiger partial charge is 1.00 e. The molecule has 4 aromatic heterocycles. The van der Waals surface area contributed by atoms with Crippen LogP contribution in [0.4, 0.5) is 14.0 Å². The van der Waals surface area contributed by atoms with Crippen LogP contribution in [0.1, 0.15) is 55.8 Å². The molecule has 4 aromatic rings. The number of carbonyl (C=O) groups is 3. The molecule has 0 aromatic carbocycles. The number of amides is 2. The summed E-state index contributed by atoms with van der Waals surface area (Å²) >= 11 is 6.65. The molecule has 2 aliphatic heterocycles. The van der Waals surface area contributed by atoms with Crippen LogP contribution in [0, 0.1) is 5.82 Å². The molecule has 2 amide bonds. The number of hydrogen-bond acceptors (Lipinski definition) is 11. The van der Waals surface area contributed by atoms with Crippen molar-refractivity contribution in [3.63, 3.8) is 0 Å². The molecule has 53 heavy (non-hydrogen) atoms. The molecule has 1 N–H and O–H groups in total. The van der Waals surface area contributed by atoms with Crippen LogP contribution < -0.4 is 148 Å². The van der Waals surface area contributed by atoms with Crippen LogP contribution in [0.2, 0.25) is 0 Å². The number of rotatable bonds is 3. The Morgan fingerprint density at radius 1 is 0.887 bits per heavy atom. The maximum atomic E-state index is 13.0. The van der Waals surface area contributed by atoms with Crippen molar-refractivity contribution in [2.24, 2.45) is 0 Å². The molecule has 2 saturated heterocycles. The molecule has 282 valence electrons. The zero-order chi connectivity index (χ0) is 37.9. The first kappa shape index (κ1) is 51.1. The number of aliphatic hydroxyl groups excluding tert-OH is 1. The minimum absolute atomic E-state index is 0. The van der Waals surface area contributed by atoms with E-state index < -0.39 is 11.2 Å². The summed E-state index contributed by atoms with van der Waals surface area (Å²) in [7, 11) is 0. The topological polar surface area (TPSA) is 172 Å². The van der Waals surface area contributed by atoms with Crippen LogP contribution in [0.3, 0.4) is 0 Å². The summed E-state index contributed by atoms with van der Waals surface area (Å²) in [4.78, 5) is 45.9. The molecule has 0 radical (unpaired) electrons. The zero-order valence-electron chi connectivity index (χ0n) is 32.1. The van der Waals surface area contributed by atoms with E-state index in [4.69, 9.17) is 24.3 Å². The third-order valence-corrected chi connectivity index (χ3v) is 7.70. The Morgan fingerprint density at radius 3 is 1.85 bits per heavy atom. The molecule has 2 atom stereocenters. The fraction of sp³-hybridized carbons (Fsp3) is 0.485. The number of halogens is 3. The first-order valence-corrected chi connectivity index (χ1v) is 17.4. The molecule has 2 fully saturated rings. The van der Waals surface area contributed by atoms with Crippen molar-refractivity contribution in [1.29, 1.82) is 0 Å². The van der Waals surface area contributed by atoms with E-state index >= 15 is 0 Å². The molecular formula is C33H43Br2Cs2FN6O9. The second-order valence-electron chi connectivity index (χ2n) is 13.4. The number of nitrogens with zero attached hydrogens (tertiary/aromatic N) is 6. The number of hydrogen-bond donors (Lipinski definition) is 1. The van der Waals surface area contributed by atoms with Gasteiger partial charge in [-0.3, -0.25) is 4.79 Å². The minimum Gasteiger partial charge on any atom is -1.00 e. The normalized spacial score (nSPS) is 16.4. The van der Waals surface area contributed by atoms with Gasteiger partial charge in [-0.15, -0.1) is 0 Å². The van der Waals surface area contributed by atoms with E-state index in [1.165, 1.54) is 17.2 Å². The van der Waals surface area contributed by atoms with Crippen LogP contribution >= 0.6 is 31.9 Å².